The summed E-state index contributed by atoms with van der Waals surface area (Å²) >= 11 is 0. The van der Waals surface area contributed by atoms with Gasteiger partial charge >= 0.3 is 0 Å². The topological polar surface area (TPSA) is 21.7 Å². The fourth-order valence-corrected chi connectivity index (χ4v) is 6.85. The number of fused-ring (bicyclic) bond motifs is 5. The van der Waals surface area contributed by atoms with E-state index in [0.717, 1.165) is 18.9 Å². The minimum Gasteiger partial charge on any atom is -0.349 e. The van der Waals surface area contributed by atoms with Crippen LogP contribution in [-0.2, 0) is 9.47 Å². The minimum atomic E-state index is -0.0381. The Hall–Kier alpha value is -0.900. The van der Waals surface area contributed by atoms with Gasteiger partial charge in [0.15, 0.2) is 6.29 Å². The van der Waals surface area contributed by atoms with Crippen LogP contribution in [0.3, 0.4) is 0 Å². The predicted octanol–water partition coefficient (Wildman–Crippen LogP) is 5.03. The highest BCUT2D eigenvalue weighted by molar-refractivity contribution is 5.19. The minimum absolute atomic E-state index is 0.0381. The first-order valence-corrected chi connectivity index (χ1v) is 11.1. The molecule has 0 spiro atoms. The van der Waals surface area contributed by atoms with Crippen LogP contribution in [0.15, 0.2) is 30.3 Å². The third-order valence-corrected chi connectivity index (χ3v) is 8.78. The maximum absolute atomic E-state index is 6.67. The molecule has 4 fully saturated rings. The van der Waals surface area contributed by atoms with Crippen LogP contribution in [-0.4, -0.2) is 36.9 Å². The van der Waals surface area contributed by atoms with Gasteiger partial charge < -0.3 is 14.4 Å². The zero-order chi connectivity index (χ0) is 18.6. The molecule has 2 aliphatic carbocycles. The molecule has 148 valence electrons. The number of hydrogen-bond donors (Lipinski definition) is 0. The van der Waals surface area contributed by atoms with Gasteiger partial charge in [0, 0.05) is 13.0 Å². The number of rotatable bonds is 5. The number of ether oxygens (including phenoxy) is 2. The summed E-state index contributed by atoms with van der Waals surface area (Å²) in [5.41, 5.74) is 2.01. The molecule has 1 unspecified atom stereocenters. The summed E-state index contributed by atoms with van der Waals surface area (Å²) in [6, 6.07) is 10.8. The van der Waals surface area contributed by atoms with Crippen molar-refractivity contribution in [3.8, 4) is 0 Å². The standard InChI is InChI=1S/C24H35NO2/c1-23(2)19-11-12-24(23,3)22-18(19)15-21(27-22)26-20(16-25-13-7-8-14-25)17-9-5-4-6-10-17/h4-6,9-10,18-22H,7-8,11-16H2,1-3H3/t18-,19-,20?,21-,22-,24+/m1/s1. The molecule has 3 heteroatoms. The number of likely N-dealkylation sites (tertiary alicyclic amines) is 1. The fraction of sp³-hybridized carbons (Fsp3) is 0.750. The van der Waals surface area contributed by atoms with Gasteiger partial charge in [-0.3, -0.25) is 0 Å². The number of nitrogens with zero attached hydrogens (tertiary/aromatic N) is 1. The second-order valence-corrected chi connectivity index (χ2v) is 10.2. The quantitative estimate of drug-likeness (QED) is 0.727. The van der Waals surface area contributed by atoms with Crippen LogP contribution in [0.25, 0.3) is 0 Å². The highest BCUT2D eigenvalue weighted by Gasteiger charge is 2.69. The maximum atomic E-state index is 6.67. The van der Waals surface area contributed by atoms with Crippen molar-refractivity contribution in [1.29, 1.82) is 0 Å². The monoisotopic (exact) mass is 369 g/mol. The molecule has 0 N–H and O–H groups in total. The molecular weight excluding hydrogens is 334 g/mol. The van der Waals surface area contributed by atoms with E-state index in [-0.39, 0.29) is 12.4 Å². The zero-order valence-corrected chi connectivity index (χ0v) is 17.2. The molecule has 1 aromatic rings. The lowest BCUT2D eigenvalue weighted by Gasteiger charge is -2.39. The van der Waals surface area contributed by atoms with Crippen LogP contribution in [0.2, 0.25) is 0 Å². The van der Waals surface area contributed by atoms with Gasteiger partial charge in [0.2, 0.25) is 0 Å². The van der Waals surface area contributed by atoms with Crippen molar-refractivity contribution in [1.82, 2.24) is 4.90 Å². The van der Waals surface area contributed by atoms with Crippen molar-refractivity contribution < 1.29 is 9.47 Å². The Morgan fingerprint density at radius 2 is 1.89 bits per heavy atom. The number of hydrogen-bond acceptors (Lipinski definition) is 3. The Kier molecular flexibility index (Phi) is 4.42. The SMILES string of the molecule is CC1(C)[C@@H]2CC[C@@]1(C)[C@@H]1O[C@@H](OC(CN3CCCC3)c3ccccc3)C[C@H]21. The lowest BCUT2D eigenvalue weighted by atomic mass is 9.70. The van der Waals surface area contributed by atoms with Gasteiger partial charge in [-0.15, -0.1) is 0 Å². The molecule has 4 aliphatic rings. The summed E-state index contributed by atoms with van der Waals surface area (Å²) in [7, 11) is 0. The van der Waals surface area contributed by atoms with Gasteiger partial charge in [0.1, 0.15) is 0 Å². The van der Waals surface area contributed by atoms with Gasteiger partial charge in [0.05, 0.1) is 12.2 Å². The van der Waals surface area contributed by atoms with E-state index < -0.39 is 0 Å². The molecule has 0 radical (unpaired) electrons. The normalized spacial score (nSPS) is 41.1. The molecule has 27 heavy (non-hydrogen) atoms. The van der Waals surface area contributed by atoms with Crippen molar-refractivity contribution in [3.05, 3.63) is 35.9 Å². The number of benzene rings is 1. The van der Waals surface area contributed by atoms with E-state index >= 15 is 0 Å². The molecule has 2 bridgehead atoms. The summed E-state index contributed by atoms with van der Waals surface area (Å²) in [6.07, 6.45) is 6.87. The maximum Gasteiger partial charge on any atom is 0.159 e. The summed E-state index contributed by atoms with van der Waals surface area (Å²) in [5, 5.41) is 0. The summed E-state index contributed by atoms with van der Waals surface area (Å²) in [5.74, 6) is 1.49. The Bertz CT molecular complexity index is 668. The lowest BCUT2D eigenvalue weighted by molar-refractivity contribution is -0.190. The van der Waals surface area contributed by atoms with E-state index in [4.69, 9.17) is 9.47 Å². The fourth-order valence-electron chi connectivity index (χ4n) is 6.85. The first-order valence-electron chi connectivity index (χ1n) is 11.1. The van der Waals surface area contributed by atoms with Crippen molar-refractivity contribution in [2.24, 2.45) is 22.7 Å². The van der Waals surface area contributed by atoms with Crippen LogP contribution < -0.4 is 0 Å². The molecular formula is C24H35NO2. The highest BCUT2D eigenvalue weighted by atomic mass is 16.7. The lowest BCUT2D eigenvalue weighted by Crippen LogP contribution is -2.38. The molecule has 2 aliphatic heterocycles. The molecule has 6 atom stereocenters. The molecule has 3 nitrogen and oxygen atoms in total. The van der Waals surface area contributed by atoms with E-state index in [1.165, 1.54) is 44.3 Å². The van der Waals surface area contributed by atoms with Crippen LogP contribution in [0.5, 0.6) is 0 Å². The van der Waals surface area contributed by atoms with Crippen LogP contribution in [0, 0.1) is 22.7 Å². The Morgan fingerprint density at radius 3 is 2.59 bits per heavy atom. The van der Waals surface area contributed by atoms with Crippen molar-refractivity contribution in [3.63, 3.8) is 0 Å². The third kappa shape index (κ3) is 2.81. The first-order chi connectivity index (χ1) is 13.0. The second kappa shape index (κ2) is 6.57. The Balaban J connectivity index is 1.31. The zero-order valence-electron chi connectivity index (χ0n) is 17.2. The van der Waals surface area contributed by atoms with Crippen molar-refractivity contribution >= 4 is 0 Å². The highest BCUT2D eigenvalue weighted by Crippen LogP contribution is 2.71. The van der Waals surface area contributed by atoms with Gasteiger partial charge in [-0.25, -0.2) is 0 Å². The molecule has 5 rings (SSSR count). The summed E-state index contributed by atoms with van der Waals surface area (Å²) in [6.45, 7) is 10.8. The Labute approximate surface area is 164 Å². The van der Waals surface area contributed by atoms with Crippen LogP contribution in [0.4, 0.5) is 0 Å². The van der Waals surface area contributed by atoms with Gasteiger partial charge in [-0.05, 0) is 67.0 Å². The van der Waals surface area contributed by atoms with E-state index in [2.05, 4.69) is 56.0 Å². The summed E-state index contributed by atoms with van der Waals surface area (Å²) in [4.78, 5) is 2.56. The molecule has 2 heterocycles. The Morgan fingerprint density at radius 1 is 1.15 bits per heavy atom. The van der Waals surface area contributed by atoms with E-state index in [1.54, 1.807) is 0 Å². The molecule has 2 saturated heterocycles. The van der Waals surface area contributed by atoms with E-state index in [1.807, 2.05) is 0 Å². The average molecular weight is 370 g/mol. The van der Waals surface area contributed by atoms with Gasteiger partial charge in [-0.1, -0.05) is 51.1 Å². The second-order valence-electron chi connectivity index (χ2n) is 10.2. The molecule has 1 aromatic carbocycles. The molecule has 2 saturated carbocycles. The molecule has 0 amide bonds. The smallest absolute Gasteiger partial charge is 0.159 e. The first kappa shape index (κ1) is 18.1. The largest absolute Gasteiger partial charge is 0.349 e. The van der Waals surface area contributed by atoms with Crippen LogP contribution in [0.1, 0.15) is 64.5 Å². The van der Waals surface area contributed by atoms with E-state index in [9.17, 15) is 0 Å². The van der Waals surface area contributed by atoms with Crippen molar-refractivity contribution in [2.45, 2.75) is 71.4 Å². The third-order valence-electron chi connectivity index (χ3n) is 8.78. The predicted molar refractivity (Wildman–Crippen MR) is 107 cm³/mol. The van der Waals surface area contributed by atoms with Gasteiger partial charge in [0.25, 0.3) is 0 Å². The van der Waals surface area contributed by atoms with Crippen LogP contribution >= 0.6 is 0 Å². The average Bonchev–Trinajstić information content (AvgIpc) is 3.38. The van der Waals surface area contributed by atoms with Crippen molar-refractivity contribution in [2.75, 3.05) is 19.6 Å². The molecule has 0 aromatic heterocycles. The van der Waals surface area contributed by atoms with Gasteiger partial charge in [-0.2, -0.15) is 0 Å². The van der Waals surface area contributed by atoms with E-state index in [0.29, 0.717) is 22.9 Å². The summed E-state index contributed by atoms with van der Waals surface area (Å²) < 4.78 is 13.3.